The van der Waals surface area contributed by atoms with Crippen molar-refractivity contribution in [2.45, 2.75) is 39.0 Å². The molecule has 0 amide bonds. The molecule has 1 aromatic rings. The molecule has 0 fully saturated rings. The Morgan fingerprint density at radius 3 is 2.50 bits per heavy atom. The van der Waals surface area contributed by atoms with E-state index in [1.165, 1.54) is 0 Å². The molecular formula is C14H21NO. The Hall–Kier alpha value is -1.31. The van der Waals surface area contributed by atoms with E-state index in [4.69, 9.17) is 0 Å². The van der Waals surface area contributed by atoms with Crippen LogP contribution in [0.4, 0.5) is 5.69 Å². The molecule has 0 saturated heterocycles. The van der Waals surface area contributed by atoms with Gasteiger partial charge in [-0.1, -0.05) is 31.5 Å². The number of anilines is 1. The standard InChI is InChI=1S/C14H21NO/c1-2-3-10-14(16)11-7-12-15-13-8-5-4-6-9-13/h4-6,8-9,15H,2-3,7,10-12H2,1H3. The first-order chi connectivity index (χ1) is 7.83. The van der Waals surface area contributed by atoms with Crippen LogP contribution in [0, 0.1) is 0 Å². The largest absolute Gasteiger partial charge is 0.385 e. The minimum absolute atomic E-state index is 0.400. The molecule has 1 N–H and O–H groups in total. The van der Waals surface area contributed by atoms with Crippen molar-refractivity contribution < 1.29 is 4.79 Å². The van der Waals surface area contributed by atoms with Gasteiger partial charge >= 0.3 is 0 Å². The second-order valence-corrected chi connectivity index (χ2v) is 4.04. The number of benzene rings is 1. The van der Waals surface area contributed by atoms with Gasteiger partial charge in [-0.3, -0.25) is 4.79 Å². The Morgan fingerprint density at radius 1 is 1.12 bits per heavy atom. The van der Waals surface area contributed by atoms with Gasteiger partial charge in [0.15, 0.2) is 0 Å². The summed E-state index contributed by atoms with van der Waals surface area (Å²) in [5.74, 6) is 0.400. The molecule has 0 aliphatic carbocycles. The first-order valence-corrected chi connectivity index (χ1v) is 6.13. The first kappa shape index (κ1) is 12.8. The van der Waals surface area contributed by atoms with Crippen LogP contribution in [0.1, 0.15) is 39.0 Å². The lowest BCUT2D eigenvalue weighted by Gasteiger charge is -2.05. The quantitative estimate of drug-likeness (QED) is 0.676. The monoisotopic (exact) mass is 219 g/mol. The zero-order valence-corrected chi connectivity index (χ0v) is 10.0. The van der Waals surface area contributed by atoms with Crippen LogP contribution in [-0.4, -0.2) is 12.3 Å². The van der Waals surface area contributed by atoms with E-state index in [2.05, 4.69) is 12.2 Å². The number of para-hydroxylation sites is 1. The minimum Gasteiger partial charge on any atom is -0.385 e. The second-order valence-electron chi connectivity index (χ2n) is 4.04. The molecule has 0 bridgehead atoms. The highest BCUT2D eigenvalue weighted by atomic mass is 16.1. The van der Waals surface area contributed by atoms with E-state index < -0.39 is 0 Å². The smallest absolute Gasteiger partial charge is 0.132 e. The molecule has 0 atom stereocenters. The van der Waals surface area contributed by atoms with Gasteiger partial charge in [-0.15, -0.1) is 0 Å². The van der Waals surface area contributed by atoms with Crippen LogP contribution >= 0.6 is 0 Å². The van der Waals surface area contributed by atoms with Crippen molar-refractivity contribution in [2.75, 3.05) is 11.9 Å². The van der Waals surface area contributed by atoms with Gasteiger partial charge in [0.1, 0.15) is 5.78 Å². The average Bonchev–Trinajstić information content (AvgIpc) is 2.33. The van der Waals surface area contributed by atoms with Crippen molar-refractivity contribution in [3.63, 3.8) is 0 Å². The van der Waals surface area contributed by atoms with Crippen molar-refractivity contribution in [1.82, 2.24) is 0 Å². The maximum atomic E-state index is 11.4. The summed E-state index contributed by atoms with van der Waals surface area (Å²) in [5, 5.41) is 3.30. The van der Waals surface area contributed by atoms with E-state index in [1.807, 2.05) is 30.3 Å². The number of carbonyl (C=O) groups excluding carboxylic acids is 1. The lowest BCUT2D eigenvalue weighted by Crippen LogP contribution is -2.05. The normalized spacial score (nSPS) is 10.1. The molecule has 0 aliphatic rings. The molecule has 1 rings (SSSR count). The van der Waals surface area contributed by atoms with E-state index in [1.54, 1.807) is 0 Å². The van der Waals surface area contributed by atoms with Crippen molar-refractivity contribution in [2.24, 2.45) is 0 Å². The number of hydrogen-bond acceptors (Lipinski definition) is 2. The highest BCUT2D eigenvalue weighted by molar-refractivity contribution is 5.78. The number of unbranched alkanes of at least 4 members (excludes halogenated alkanes) is 1. The summed E-state index contributed by atoms with van der Waals surface area (Å²) in [7, 11) is 0. The molecule has 0 radical (unpaired) electrons. The fraction of sp³-hybridized carbons (Fsp3) is 0.500. The summed E-state index contributed by atoms with van der Waals surface area (Å²) in [6, 6.07) is 10.1. The number of rotatable bonds is 8. The van der Waals surface area contributed by atoms with Gasteiger partial charge in [-0.05, 0) is 25.0 Å². The molecular weight excluding hydrogens is 198 g/mol. The highest BCUT2D eigenvalue weighted by Gasteiger charge is 2.00. The summed E-state index contributed by atoms with van der Waals surface area (Å²) >= 11 is 0. The lowest BCUT2D eigenvalue weighted by atomic mass is 10.1. The Bertz CT molecular complexity index is 295. The van der Waals surface area contributed by atoms with Crippen LogP contribution in [0.5, 0.6) is 0 Å². The Labute approximate surface area is 98.1 Å². The summed E-state index contributed by atoms with van der Waals surface area (Å²) in [6.07, 6.45) is 4.53. The second kappa shape index (κ2) is 7.91. The number of carbonyl (C=O) groups is 1. The van der Waals surface area contributed by atoms with Gasteiger partial charge in [-0.25, -0.2) is 0 Å². The zero-order chi connectivity index (χ0) is 11.6. The van der Waals surface area contributed by atoms with E-state index in [-0.39, 0.29) is 0 Å². The van der Waals surface area contributed by atoms with Gasteiger partial charge in [0.2, 0.25) is 0 Å². The van der Waals surface area contributed by atoms with E-state index >= 15 is 0 Å². The molecule has 88 valence electrons. The summed E-state index contributed by atoms with van der Waals surface area (Å²) in [5.41, 5.74) is 1.13. The fourth-order valence-corrected chi connectivity index (χ4v) is 1.57. The van der Waals surface area contributed by atoms with Gasteiger partial charge in [0.05, 0.1) is 0 Å². The molecule has 0 unspecified atom stereocenters. The highest BCUT2D eigenvalue weighted by Crippen LogP contribution is 2.06. The Morgan fingerprint density at radius 2 is 1.81 bits per heavy atom. The third-order valence-corrected chi connectivity index (χ3v) is 2.54. The molecule has 0 aliphatic heterocycles. The van der Waals surface area contributed by atoms with E-state index in [0.717, 1.165) is 37.9 Å². The van der Waals surface area contributed by atoms with Crippen LogP contribution < -0.4 is 5.32 Å². The molecule has 0 spiro atoms. The molecule has 16 heavy (non-hydrogen) atoms. The van der Waals surface area contributed by atoms with Gasteiger partial charge in [0, 0.05) is 25.1 Å². The maximum Gasteiger partial charge on any atom is 0.132 e. The van der Waals surface area contributed by atoms with Gasteiger partial charge in [0.25, 0.3) is 0 Å². The number of Topliss-reactive ketones (excluding diaryl/α,β-unsaturated/α-hetero) is 1. The van der Waals surface area contributed by atoms with Crippen molar-refractivity contribution in [3.05, 3.63) is 30.3 Å². The lowest BCUT2D eigenvalue weighted by molar-refractivity contribution is -0.119. The molecule has 0 aromatic heterocycles. The summed E-state index contributed by atoms with van der Waals surface area (Å²) in [6.45, 7) is 2.99. The zero-order valence-electron chi connectivity index (χ0n) is 10.0. The molecule has 0 heterocycles. The van der Waals surface area contributed by atoms with Crippen molar-refractivity contribution in [3.8, 4) is 0 Å². The van der Waals surface area contributed by atoms with Gasteiger partial charge in [-0.2, -0.15) is 0 Å². The van der Waals surface area contributed by atoms with Crippen molar-refractivity contribution in [1.29, 1.82) is 0 Å². The first-order valence-electron chi connectivity index (χ1n) is 6.13. The maximum absolute atomic E-state index is 11.4. The van der Waals surface area contributed by atoms with E-state index in [9.17, 15) is 4.79 Å². The summed E-state index contributed by atoms with van der Waals surface area (Å²) < 4.78 is 0. The summed E-state index contributed by atoms with van der Waals surface area (Å²) in [4.78, 5) is 11.4. The van der Waals surface area contributed by atoms with Gasteiger partial charge < -0.3 is 5.32 Å². The molecule has 0 saturated carbocycles. The third kappa shape index (κ3) is 5.54. The van der Waals surface area contributed by atoms with Crippen LogP contribution in [0.25, 0.3) is 0 Å². The number of ketones is 1. The van der Waals surface area contributed by atoms with Crippen LogP contribution in [0.3, 0.4) is 0 Å². The van der Waals surface area contributed by atoms with Crippen LogP contribution in [0.15, 0.2) is 30.3 Å². The third-order valence-electron chi connectivity index (χ3n) is 2.54. The molecule has 2 heteroatoms. The Kier molecular flexibility index (Phi) is 6.31. The van der Waals surface area contributed by atoms with E-state index in [0.29, 0.717) is 12.2 Å². The predicted octanol–water partition coefficient (Wildman–Crippen LogP) is 3.64. The number of nitrogens with one attached hydrogen (secondary N) is 1. The average molecular weight is 219 g/mol. The van der Waals surface area contributed by atoms with Crippen LogP contribution in [0.2, 0.25) is 0 Å². The predicted molar refractivity (Wildman–Crippen MR) is 68.7 cm³/mol. The SMILES string of the molecule is CCCCC(=O)CCCNc1ccccc1. The Balaban J connectivity index is 2.06. The fourth-order valence-electron chi connectivity index (χ4n) is 1.57. The van der Waals surface area contributed by atoms with Crippen LogP contribution in [-0.2, 0) is 4.79 Å². The van der Waals surface area contributed by atoms with Crippen molar-refractivity contribution >= 4 is 11.5 Å². The topological polar surface area (TPSA) is 29.1 Å². The minimum atomic E-state index is 0.400. The molecule has 2 nitrogen and oxygen atoms in total. The number of hydrogen-bond donors (Lipinski definition) is 1. The molecule has 1 aromatic carbocycles.